The molecule has 3 aromatic rings. The fourth-order valence-electron chi connectivity index (χ4n) is 2.38. The van der Waals surface area contributed by atoms with Crippen molar-refractivity contribution in [3.8, 4) is 11.8 Å². The first kappa shape index (κ1) is 17.8. The predicted molar refractivity (Wildman–Crippen MR) is 103 cm³/mol. The lowest BCUT2D eigenvalue weighted by Gasteiger charge is -2.11. The van der Waals surface area contributed by atoms with Crippen LogP contribution in [0.15, 0.2) is 59.8 Å². The van der Waals surface area contributed by atoms with Crippen LogP contribution in [0.4, 0.5) is 5.82 Å². The van der Waals surface area contributed by atoms with Gasteiger partial charge in [0.25, 0.3) is 0 Å². The first-order valence-corrected chi connectivity index (χ1v) is 9.07. The highest BCUT2D eigenvalue weighted by Gasteiger charge is 2.14. The molecule has 26 heavy (non-hydrogen) atoms. The molecule has 0 bridgehead atoms. The highest BCUT2D eigenvalue weighted by Crippen LogP contribution is 2.24. The van der Waals surface area contributed by atoms with Gasteiger partial charge in [-0.15, -0.1) is 0 Å². The van der Waals surface area contributed by atoms with E-state index >= 15 is 0 Å². The molecule has 0 radical (unpaired) electrons. The molecule has 6 heteroatoms. The van der Waals surface area contributed by atoms with Crippen molar-refractivity contribution in [1.29, 1.82) is 5.26 Å². The van der Waals surface area contributed by atoms with E-state index in [9.17, 15) is 5.26 Å². The van der Waals surface area contributed by atoms with Crippen LogP contribution < -0.4 is 10.5 Å². The van der Waals surface area contributed by atoms with Crippen LogP contribution >= 0.6 is 11.8 Å². The number of nitriles is 1. The van der Waals surface area contributed by atoms with Crippen molar-refractivity contribution in [3.05, 3.63) is 77.0 Å². The molecule has 1 heterocycles. The average molecular weight is 362 g/mol. The van der Waals surface area contributed by atoms with Crippen molar-refractivity contribution in [2.45, 2.75) is 24.4 Å². The predicted octanol–water partition coefficient (Wildman–Crippen LogP) is 4.11. The zero-order chi connectivity index (χ0) is 18.4. The smallest absolute Gasteiger partial charge is 0.190 e. The van der Waals surface area contributed by atoms with Crippen LogP contribution in [0.25, 0.3) is 0 Å². The van der Waals surface area contributed by atoms with Gasteiger partial charge < -0.3 is 10.5 Å². The second-order valence-electron chi connectivity index (χ2n) is 5.65. The molecule has 5 nitrogen and oxygen atoms in total. The van der Waals surface area contributed by atoms with Gasteiger partial charge in [0.15, 0.2) is 5.16 Å². The van der Waals surface area contributed by atoms with Crippen molar-refractivity contribution in [2.24, 2.45) is 0 Å². The molecule has 1 aromatic heterocycles. The minimum atomic E-state index is 0.166. The molecule has 130 valence electrons. The Morgan fingerprint density at radius 3 is 2.54 bits per heavy atom. The molecule has 0 aliphatic rings. The van der Waals surface area contributed by atoms with Gasteiger partial charge in [-0.1, -0.05) is 60.3 Å². The van der Waals surface area contributed by atoms with E-state index in [1.165, 1.54) is 17.3 Å². The zero-order valence-electron chi connectivity index (χ0n) is 14.3. The summed E-state index contributed by atoms with van der Waals surface area (Å²) in [5.41, 5.74) is 8.91. The molecule has 0 unspecified atom stereocenters. The molecule has 0 saturated carbocycles. The highest BCUT2D eigenvalue weighted by atomic mass is 32.2. The first-order valence-electron chi connectivity index (χ1n) is 8.09. The van der Waals surface area contributed by atoms with Gasteiger partial charge in [-0.25, -0.2) is 9.97 Å². The van der Waals surface area contributed by atoms with E-state index in [0.29, 0.717) is 10.9 Å². The number of anilines is 1. The third kappa shape index (κ3) is 4.32. The number of hydrogen-bond donors (Lipinski definition) is 1. The average Bonchev–Trinajstić information content (AvgIpc) is 2.66. The van der Waals surface area contributed by atoms with E-state index in [2.05, 4.69) is 16.0 Å². The van der Waals surface area contributed by atoms with Crippen molar-refractivity contribution < 1.29 is 4.74 Å². The maximum absolute atomic E-state index is 9.38. The molecular weight excluding hydrogens is 344 g/mol. The Bertz CT molecular complexity index is 938. The molecule has 0 saturated heterocycles. The minimum absolute atomic E-state index is 0.166. The summed E-state index contributed by atoms with van der Waals surface area (Å²) in [6, 6.07) is 19.8. The zero-order valence-corrected chi connectivity index (χ0v) is 15.2. The Kier molecular flexibility index (Phi) is 5.72. The molecular formula is C20H18N4OS. The van der Waals surface area contributed by atoms with Gasteiger partial charge in [-0.2, -0.15) is 5.26 Å². The standard InChI is InChI=1S/C20H18N4OS/c1-14-7-5-6-10-18(14)25-12-17-16(11-21)19(22)24-20(23-17)26-13-15-8-3-2-4-9-15/h2-10H,12-13H2,1H3,(H2,22,23,24). The number of rotatable bonds is 6. The summed E-state index contributed by atoms with van der Waals surface area (Å²) < 4.78 is 5.83. The number of nitrogens with two attached hydrogens (primary N) is 1. The van der Waals surface area contributed by atoms with E-state index in [1.54, 1.807) is 0 Å². The molecule has 3 rings (SSSR count). The van der Waals surface area contributed by atoms with Crippen LogP contribution in [-0.2, 0) is 12.4 Å². The monoisotopic (exact) mass is 362 g/mol. The molecule has 0 atom stereocenters. The lowest BCUT2D eigenvalue weighted by atomic mass is 10.2. The third-order valence-corrected chi connectivity index (χ3v) is 4.69. The summed E-state index contributed by atoms with van der Waals surface area (Å²) in [6.45, 7) is 2.13. The maximum Gasteiger partial charge on any atom is 0.190 e. The normalized spacial score (nSPS) is 10.3. The number of nitrogens with zero attached hydrogens (tertiary/aromatic N) is 3. The SMILES string of the molecule is Cc1ccccc1OCc1nc(SCc2ccccc2)nc(N)c1C#N. The van der Waals surface area contributed by atoms with Crippen LogP contribution in [0.5, 0.6) is 5.75 Å². The summed E-state index contributed by atoms with van der Waals surface area (Å²) in [7, 11) is 0. The second kappa shape index (κ2) is 8.37. The lowest BCUT2D eigenvalue weighted by Crippen LogP contribution is -2.08. The van der Waals surface area contributed by atoms with Gasteiger partial charge in [0.1, 0.15) is 35.5 Å². The Balaban J connectivity index is 1.78. The summed E-state index contributed by atoms with van der Waals surface area (Å²) in [5.74, 6) is 1.66. The fraction of sp³-hybridized carbons (Fsp3) is 0.150. The van der Waals surface area contributed by atoms with Gasteiger partial charge in [0.2, 0.25) is 0 Å². The van der Waals surface area contributed by atoms with E-state index < -0.39 is 0 Å². The number of ether oxygens (including phenoxy) is 1. The molecule has 0 amide bonds. The van der Waals surface area contributed by atoms with Crippen molar-refractivity contribution in [3.63, 3.8) is 0 Å². The quantitative estimate of drug-likeness (QED) is 0.525. The van der Waals surface area contributed by atoms with Gasteiger partial charge in [-0.3, -0.25) is 0 Å². The summed E-state index contributed by atoms with van der Waals surface area (Å²) in [4.78, 5) is 8.73. The van der Waals surface area contributed by atoms with Crippen LogP contribution in [0, 0.1) is 18.3 Å². The van der Waals surface area contributed by atoms with Crippen LogP contribution in [0.1, 0.15) is 22.4 Å². The van der Waals surface area contributed by atoms with Crippen LogP contribution in [0.2, 0.25) is 0 Å². The van der Waals surface area contributed by atoms with E-state index in [4.69, 9.17) is 10.5 Å². The Morgan fingerprint density at radius 2 is 1.81 bits per heavy atom. The maximum atomic E-state index is 9.38. The summed E-state index contributed by atoms with van der Waals surface area (Å²) in [6.07, 6.45) is 0. The van der Waals surface area contributed by atoms with E-state index in [-0.39, 0.29) is 18.0 Å². The number of nitrogen functional groups attached to an aromatic ring is 1. The van der Waals surface area contributed by atoms with Gasteiger partial charge in [0.05, 0.1) is 0 Å². The number of aryl methyl sites for hydroxylation is 1. The lowest BCUT2D eigenvalue weighted by molar-refractivity contribution is 0.297. The number of hydrogen-bond acceptors (Lipinski definition) is 6. The van der Waals surface area contributed by atoms with Crippen molar-refractivity contribution in [2.75, 3.05) is 5.73 Å². The molecule has 2 aromatic carbocycles. The molecule has 2 N–H and O–H groups in total. The Morgan fingerprint density at radius 1 is 1.08 bits per heavy atom. The molecule has 0 aliphatic carbocycles. The van der Waals surface area contributed by atoms with Gasteiger partial charge in [0, 0.05) is 5.75 Å². The molecule has 0 fully saturated rings. The summed E-state index contributed by atoms with van der Waals surface area (Å²) >= 11 is 1.48. The minimum Gasteiger partial charge on any atom is -0.487 e. The Labute approximate surface area is 156 Å². The number of aromatic nitrogens is 2. The van der Waals surface area contributed by atoms with Gasteiger partial charge >= 0.3 is 0 Å². The van der Waals surface area contributed by atoms with Crippen molar-refractivity contribution in [1.82, 2.24) is 9.97 Å². The van der Waals surface area contributed by atoms with Crippen LogP contribution in [-0.4, -0.2) is 9.97 Å². The third-order valence-electron chi connectivity index (χ3n) is 3.77. The highest BCUT2D eigenvalue weighted by molar-refractivity contribution is 7.98. The number of para-hydroxylation sites is 1. The number of benzene rings is 2. The molecule has 0 spiro atoms. The first-order chi connectivity index (χ1) is 12.7. The largest absolute Gasteiger partial charge is 0.487 e. The topological polar surface area (TPSA) is 84.8 Å². The fourth-order valence-corrected chi connectivity index (χ4v) is 3.21. The van der Waals surface area contributed by atoms with Gasteiger partial charge in [-0.05, 0) is 24.1 Å². The molecule has 0 aliphatic heterocycles. The van der Waals surface area contributed by atoms with E-state index in [1.807, 2.05) is 61.5 Å². The Hall–Kier alpha value is -3.04. The summed E-state index contributed by atoms with van der Waals surface area (Å²) in [5, 5.41) is 9.91. The van der Waals surface area contributed by atoms with Crippen LogP contribution in [0.3, 0.4) is 0 Å². The van der Waals surface area contributed by atoms with Crippen molar-refractivity contribution >= 4 is 17.6 Å². The number of thioether (sulfide) groups is 1. The second-order valence-corrected chi connectivity index (χ2v) is 6.60. The van der Waals surface area contributed by atoms with E-state index in [0.717, 1.165) is 17.1 Å².